The fraction of sp³-hybridized carbons (Fsp3) is 0.192. The van der Waals surface area contributed by atoms with E-state index in [2.05, 4.69) is 0 Å². The number of hydrogen-bond donors (Lipinski definition) is 1. The van der Waals surface area contributed by atoms with Gasteiger partial charge in [0.25, 0.3) is 0 Å². The van der Waals surface area contributed by atoms with Crippen molar-refractivity contribution in [2.75, 3.05) is 20.8 Å². The molecule has 160 valence electrons. The van der Waals surface area contributed by atoms with Crippen LogP contribution in [0.1, 0.15) is 28.4 Å². The molecule has 3 rings (SSSR count). The van der Waals surface area contributed by atoms with Gasteiger partial charge < -0.3 is 19.3 Å². The van der Waals surface area contributed by atoms with Crippen LogP contribution in [0.3, 0.4) is 0 Å². The molecule has 0 radical (unpaired) electrons. The zero-order chi connectivity index (χ0) is 22.2. The van der Waals surface area contributed by atoms with E-state index in [1.54, 1.807) is 21.1 Å². The molecule has 0 atom stereocenters. The lowest BCUT2D eigenvalue weighted by molar-refractivity contribution is 0.0524. The molecule has 0 amide bonds. The molecule has 3 aromatic carbocycles. The third-order valence-corrected chi connectivity index (χ3v) is 4.91. The number of allylic oxidation sites excluding steroid dienone is 1. The summed E-state index contributed by atoms with van der Waals surface area (Å²) >= 11 is 0. The van der Waals surface area contributed by atoms with Crippen LogP contribution in [0.5, 0.6) is 17.2 Å². The monoisotopic (exact) mass is 418 g/mol. The minimum atomic E-state index is -0.549. The van der Waals surface area contributed by atoms with Crippen molar-refractivity contribution in [3.63, 3.8) is 0 Å². The Kier molecular flexibility index (Phi) is 7.33. The smallest absolute Gasteiger partial charge is 0.342 e. The Labute approximate surface area is 182 Å². The molecule has 0 heterocycles. The first-order valence-corrected chi connectivity index (χ1v) is 10.0. The first-order valence-electron chi connectivity index (χ1n) is 10.0. The van der Waals surface area contributed by atoms with Crippen LogP contribution in [0.2, 0.25) is 0 Å². The number of phenols is 1. The van der Waals surface area contributed by atoms with Crippen LogP contribution in [0.15, 0.2) is 66.7 Å². The van der Waals surface area contributed by atoms with Gasteiger partial charge in [0.2, 0.25) is 0 Å². The zero-order valence-corrected chi connectivity index (χ0v) is 17.9. The van der Waals surface area contributed by atoms with Crippen molar-refractivity contribution in [1.82, 2.24) is 0 Å². The van der Waals surface area contributed by atoms with Crippen LogP contribution in [0.25, 0.3) is 17.2 Å². The predicted molar refractivity (Wildman–Crippen MR) is 122 cm³/mol. The lowest BCUT2D eigenvalue weighted by Crippen LogP contribution is -2.08. The molecular formula is C26H26O5. The minimum Gasteiger partial charge on any atom is -0.507 e. The van der Waals surface area contributed by atoms with Gasteiger partial charge in [-0.3, -0.25) is 0 Å². The molecule has 5 nitrogen and oxygen atoms in total. The summed E-state index contributed by atoms with van der Waals surface area (Å²) in [6, 6.07) is 18.7. The van der Waals surface area contributed by atoms with Crippen LogP contribution in [-0.2, 0) is 11.2 Å². The molecule has 0 aliphatic heterocycles. The van der Waals surface area contributed by atoms with Crippen molar-refractivity contribution >= 4 is 12.0 Å². The highest BCUT2D eigenvalue weighted by molar-refractivity contribution is 6.00. The van der Waals surface area contributed by atoms with Crippen LogP contribution in [0, 0.1) is 0 Å². The number of rotatable bonds is 8. The molecule has 3 aromatic rings. The molecule has 0 saturated carbocycles. The van der Waals surface area contributed by atoms with Crippen LogP contribution >= 0.6 is 0 Å². The average Bonchev–Trinajstić information content (AvgIpc) is 2.80. The van der Waals surface area contributed by atoms with Gasteiger partial charge in [-0.1, -0.05) is 48.6 Å². The molecule has 0 fully saturated rings. The summed E-state index contributed by atoms with van der Waals surface area (Å²) in [6.07, 6.45) is 4.37. The van der Waals surface area contributed by atoms with E-state index in [4.69, 9.17) is 14.2 Å². The molecule has 0 aliphatic carbocycles. The van der Waals surface area contributed by atoms with E-state index in [1.807, 2.05) is 72.8 Å². The second kappa shape index (κ2) is 10.3. The van der Waals surface area contributed by atoms with Crippen molar-refractivity contribution in [2.45, 2.75) is 13.3 Å². The number of hydrogen-bond acceptors (Lipinski definition) is 5. The number of carbonyl (C=O) groups is 1. The van der Waals surface area contributed by atoms with Gasteiger partial charge in [0.1, 0.15) is 22.8 Å². The van der Waals surface area contributed by atoms with Crippen molar-refractivity contribution in [1.29, 1.82) is 0 Å². The molecule has 0 spiro atoms. The SMILES string of the molecule is CCOC(=O)c1c(-c2ccc(OC)cc2)ccc(C/C=C/c2ccc(OC)cc2)c1O. The molecule has 0 aromatic heterocycles. The van der Waals surface area contributed by atoms with E-state index in [0.29, 0.717) is 23.3 Å². The number of benzene rings is 3. The maximum atomic E-state index is 12.7. The van der Waals surface area contributed by atoms with Crippen LogP contribution in [0.4, 0.5) is 0 Å². The molecule has 1 N–H and O–H groups in total. The van der Waals surface area contributed by atoms with Crippen molar-refractivity contribution < 1.29 is 24.1 Å². The topological polar surface area (TPSA) is 65.0 Å². The Morgan fingerprint density at radius 1 is 0.903 bits per heavy atom. The van der Waals surface area contributed by atoms with Gasteiger partial charge in [-0.2, -0.15) is 0 Å². The first kappa shape index (κ1) is 22.0. The fourth-order valence-corrected chi connectivity index (χ4v) is 3.26. The molecule has 0 unspecified atom stereocenters. The highest BCUT2D eigenvalue weighted by Crippen LogP contribution is 2.35. The van der Waals surface area contributed by atoms with E-state index in [1.165, 1.54) is 0 Å². The summed E-state index contributed by atoms with van der Waals surface area (Å²) in [5, 5.41) is 10.9. The van der Waals surface area contributed by atoms with E-state index in [-0.39, 0.29) is 17.9 Å². The number of methoxy groups -OCH3 is 2. The molecule has 5 heteroatoms. The normalized spacial score (nSPS) is 10.8. The number of aromatic hydroxyl groups is 1. The molecule has 31 heavy (non-hydrogen) atoms. The summed E-state index contributed by atoms with van der Waals surface area (Å²) in [6.45, 7) is 1.96. The maximum absolute atomic E-state index is 12.7. The van der Waals surface area contributed by atoms with Gasteiger partial charge in [0.05, 0.1) is 20.8 Å². The van der Waals surface area contributed by atoms with Gasteiger partial charge in [0.15, 0.2) is 0 Å². The Balaban J connectivity index is 1.91. The number of esters is 1. The molecule has 0 saturated heterocycles. The fourth-order valence-electron chi connectivity index (χ4n) is 3.26. The lowest BCUT2D eigenvalue weighted by Gasteiger charge is -2.14. The van der Waals surface area contributed by atoms with Crippen LogP contribution in [-0.4, -0.2) is 31.9 Å². The zero-order valence-electron chi connectivity index (χ0n) is 17.9. The third kappa shape index (κ3) is 5.25. The van der Waals surface area contributed by atoms with E-state index in [0.717, 1.165) is 16.9 Å². The van der Waals surface area contributed by atoms with Gasteiger partial charge in [-0.15, -0.1) is 0 Å². The van der Waals surface area contributed by atoms with E-state index >= 15 is 0 Å². The third-order valence-electron chi connectivity index (χ3n) is 4.91. The summed E-state index contributed by atoms with van der Waals surface area (Å²) < 4.78 is 15.6. The van der Waals surface area contributed by atoms with E-state index in [9.17, 15) is 9.90 Å². The predicted octanol–water partition coefficient (Wildman–Crippen LogP) is 5.51. The molecule has 0 bridgehead atoms. The minimum absolute atomic E-state index is 0.0638. The standard InChI is InChI=1S/C26H26O5/c1-4-31-26(28)24-23(19-10-15-22(30-3)16-11-19)17-12-20(25(24)27)7-5-6-18-8-13-21(29-2)14-9-18/h5-6,8-17,27H,4,7H2,1-3H3/b6-5+. The van der Waals surface area contributed by atoms with Gasteiger partial charge in [0, 0.05) is 0 Å². The van der Waals surface area contributed by atoms with Gasteiger partial charge in [-0.25, -0.2) is 4.79 Å². The Morgan fingerprint density at radius 3 is 2.10 bits per heavy atom. The first-order chi connectivity index (χ1) is 15.1. The number of carbonyl (C=O) groups excluding carboxylic acids is 1. The number of ether oxygens (including phenoxy) is 3. The average molecular weight is 418 g/mol. The Morgan fingerprint density at radius 2 is 1.52 bits per heavy atom. The van der Waals surface area contributed by atoms with Crippen molar-refractivity contribution in [2.24, 2.45) is 0 Å². The maximum Gasteiger partial charge on any atom is 0.342 e. The highest BCUT2D eigenvalue weighted by Gasteiger charge is 2.21. The van der Waals surface area contributed by atoms with E-state index < -0.39 is 5.97 Å². The number of phenolic OH excluding ortho intramolecular Hbond substituents is 1. The second-order valence-corrected chi connectivity index (χ2v) is 6.82. The van der Waals surface area contributed by atoms with Crippen molar-refractivity contribution in [3.05, 3.63) is 83.4 Å². The molecule has 0 aliphatic rings. The lowest BCUT2D eigenvalue weighted by atomic mass is 9.95. The Bertz CT molecular complexity index is 1050. The van der Waals surface area contributed by atoms with Gasteiger partial charge >= 0.3 is 5.97 Å². The second-order valence-electron chi connectivity index (χ2n) is 6.82. The quantitative estimate of drug-likeness (QED) is 0.489. The van der Waals surface area contributed by atoms with Crippen molar-refractivity contribution in [3.8, 4) is 28.4 Å². The summed E-state index contributed by atoms with van der Waals surface area (Å²) in [7, 11) is 3.23. The highest BCUT2D eigenvalue weighted by atomic mass is 16.5. The summed E-state index contributed by atoms with van der Waals surface area (Å²) in [5.74, 6) is 0.895. The largest absolute Gasteiger partial charge is 0.507 e. The van der Waals surface area contributed by atoms with Crippen LogP contribution < -0.4 is 9.47 Å². The molecular weight excluding hydrogens is 392 g/mol. The Hall–Kier alpha value is -3.73. The van der Waals surface area contributed by atoms with Gasteiger partial charge in [-0.05, 0) is 59.9 Å². The summed E-state index contributed by atoms with van der Waals surface area (Å²) in [4.78, 5) is 12.7. The summed E-state index contributed by atoms with van der Waals surface area (Å²) in [5.41, 5.74) is 3.23.